The highest BCUT2D eigenvalue weighted by atomic mass is 127. The van der Waals surface area contributed by atoms with E-state index in [1.165, 1.54) is 0 Å². The number of hydrogen-bond donors (Lipinski definition) is 1. The van der Waals surface area contributed by atoms with E-state index in [0.717, 1.165) is 27.3 Å². The molecule has 1 N–H and O–H groups in total. The van der Waals surface area contributed by atoms with Crippen molar-refractivity contribution >= 4 is 39.9 Å². The van der Waals surface area contributed by atoms with Gasteiger partial charge in [-0.05, 0) is 47.2 Å². The Hall–Kier alpha value is -2.03. The Morgan fingerprint density at radius 1 is 1.33 bits per heavy atom. The van der Waals surface area contributed by atoms with Gasteiger partial charge >= 0.3 is 0 Å². The van der Waals surface area contributed by atoms with Crippen LogP contribution in [0.4, 0.5) is 15.8 Å². The van der Waals surface area contributed by atoms with Gasteiger partial charge in [0, 0.05) is 15.7 Å². The summed E-state index contributed by atoms with van der Waals surface area (Å²) < 4.78 is 14.0. The van der Waals surface area contributed by atoms with Gasteiger partial charge in [-0.3, -0.25) is 14.9 Å². The van der Waals surface area contributed by atoms with Gasteiger partial charge in [-0.25, -0.2) is 4.39 Å². The van der Waals surface area contributed by atoms with Crippen LogP contribution in [0.2, 0.25) is 0 Å². The van der Waals surface area contributed by atoms with Gasteiger partial charge < -0.3 is 5.32 Å². The minimum atomic E-state index is -0.670. The molecule has 0 aliphatic carbocycles. The molecule has 108 valence electrons. The third-order valence-electron chi connectivity index (χ3n) is 2.84. The average Bonchev–Trinajstić information content (AvgIpc) is 2.41. The van der Waals surface area contributed by atoms with Crippen molar-refractivity contribution in [3.63, 3.8) is 0 Å². The standard InChI is InChI=1S/C14H10FIN2O3/c1-8-3-2-4-10(13(8)16)14(19)17-11-7-9(15)5-6-12(11)18(20)21/h2-7H,1H3,(H,17,19). The summed E-state index contributed by atoms with van der Waals surface area (Å²) in [5.74, 6) is -1.17. The zero-order valence-electron chi connectivity index (χ0n) is 10.9. The van der Waals surface area contributed by atoms with Crippen LogP contribution in [-0.4, -0.2) is 10.8 Å². The van der Waals surface area contributed by atoms with E-state index in [1.54, 1.807) is 12.1 Å². The summed E-state index contributed by atoms with van der Waals surface area (Å²) in [7, 11) is 0. The van der Waals surface area contributed by atoms with Crippen LogP contribution < -0.4 is 5.32 Å². The molecule has 0 spiro atoms. The molecule has 0 unspecified atom stereocenters. The van der Waals surface area contributed by atoms with E-state index in [4.69, 9.17) is 0 Å². The van der Waals surface area contributed by atoms with Crippen LogP contribution in [0.1, 0.15) is 15.9 Å². The van der Waals surface area contributed by atoms with Gasteiger partial charge in [0.2, 0.25) is 0 Å². The predicted octanol–water partition coefficient (Wildman–Crippen LogP) is 3.90. The molecule has 0 heterocycles. The summed E-state index contributed by atoms with van der Waals surface area (Å²) in [5.41, 5.74) is 0.779. The normalized spacial score (nSPS) is 10.2. The lowest BCUT2D eigenvalue weighted by molar-refractivity contribution is -0.384. The maximum absolute atomic E-state index is 13.2. The first kappa shape index (κ1) is 15.4. The molecular weight excluding hydrogens is 390 g/mol. The number of hydrogen-bond acceptors (Lipinski definition) is 3. The second kappa shape index (κ2) is 6.17. The molecule has 0 saturated heterocycles. The summed E-state index contributed by atoms with van der Waals surface area (Å²) >= 11 is 2.02. The number of nitrogens with one attached hydrogen (secondary N) is 1. The van der Waals surface area contributed by atoms with Crippen molar-refractivity contribution in [3.8, 4) is 0 Å². The Morgan fingerprint density at radius 3 is 2.71 bits per heavy atom. The molecule has 0 saturated carbocycles. The topological polar surface area (TPSA) is 72.2 Å². The fourth-order valence-electron chi connectivity index (χ4n) is 1.78. The monoisotopic (exact) mass is 400 g/mol. The zero-order chi connectivity index (χ0) is 15.6. The first-order valence-electron chi connectivity index (χ1n) is 5.90. The van der Waals surface area contributed by atoms with Crippen LogP contribution in [0, 0.1) is 26.4 Å². The first-order chi connectivity index (χ1) is 9.90. The minimum absolute atomic E-state index is 0.165. The van der Waals surface area contributed by atoms with E-state index in [0.29, 0.717) is 5.56 Å². The van der Waals surface area contributed by atoms with Gasteiger partial charge in [-0.1, -0.05) is 12.1 Å². The summed E-state index contributed by atoms with van der Waals surface area (Å²) in [4.78, 5) is 22.4. The van der Waals surface area contributed by atoms with Crippen LogP contribution >= 0.6 is 22.6 Å². The maximum atomic E-state index is 13.2. The fourth-order valence-corrected chi connectivity index (χ4v) is 2.38. The van der Waals surface area contributed by atoms with E-state index >= 15 is 0 Å². The molecule has 0 fully saturated rings. The van der Waals surface area contributed by atoms with Crippen LogP contribution in [0.3, 0.4) is 0 Å². The third-order valence-corrected chi connectivity index (χ3v) is 4.27. The lowest BCUT2D eigenvalue weighted by Gasteiger charge is -2.09. The van der Waals surface area contributed by atoms with Crippen molar-refractivity contribution < 1.29 is 14.1 Å². The molecule has 2 rings (SSSR count). The number of carbonyl (C=O) groups excluding carboxylic acids is 1. The number of anilines is 1. The van der Waals surface area contributed by atoms with Gasteiger partial charge in [0.25, 0.3) is 11.6 Å². The van der Waals surface area contributed by atoms with E-state index in [9.17, 15) is 19.3 Å². The number of benzene rings is 2. The van der Waals surface area contributed by atoms with E-state index in [2.05, 4.69) is 5.32 Å². The van der Waals surface area contributed by atoms with Gasteiger partial charge in [-0.2, -0.15) is 0 Å². The van der Waals surface area contributed by atoms with Gasteiger partial charge in [0.15, 0.2) is 0 Å². The lowest BCUT2D eigenvalue weighted by atomic mass is 10.1. The number of carbonyl (C=O) groups is 1. The van der Waals surface area contributed by atoms with Crippen LogP contribution in [0.5, 0.6) is 0 Å². The van der Waals surface area contributed by atoms with Crippen molar-refractivity contribution in [2.75, 3.05) is 5.32 Å². The van der Waals surface area contributed by atoms with Crippen LogP contribution in [-0.2, 0) is 0 Å². The van der Waals surface area contributed by atoms with Crippen molar-refractivity contribution in [2.24, 2.45) is 0 Å². The van der Waals surface area contributed by atoms with Crippen LogP contribution in [0.15, 0.2) is 36.4 Å². The molecule has 0 atom stereocenters. The summed E-state index contributed by atoms with van der Waals surface area (Å²) in [6, 6.07) is 8.10. The zero-order valence-corrected chi connectivity index (χ0v) is 13.0. The molecule has 0 aliphatic heterocycles. The Bertz CT molecular complexity index is 734. The van der Waals surface area contributed by atoms with E-state index in [-0.39, 0.29) is 11.4 Å². The summed E-state index contributed by atoms with van der Waals surface area (Å²) in [6.07, 6.45) is 0. The summed E-state index contributed by atoms with van der Waals surface area (Å²) in [5, 5.41) is 13.3. The van der Waals surface area contributed by atoms with E-state index < -0.39 is 16.6 Å². The maximum Gasteiger partial charge on any atom is 0.292 e. The molecule has 1 amide bonds. The molecule has 0 aliphatic rings. The Balaban J connectivity index is 2.38. The van der Waals surface area contributed by atoms with Gasteiger partial charge in [0.05, 0.1) is 10.5 Å². The molecule has 21 heavy (non-hydrogen) atoms. The molecule has 0 radical (unpaired) electrons. The Kier molecular flexibility index (Phi) is 4.51. The smallest absolute Gasteiger partial charge is 0.292 e. The average molecular weight is 400 g/mol. The van der Waals surface area contributed by atoms with Crippen molar-refractivity contribution in [1.82, 2.24) is 0 Å². The molecule has 2 aromatic rings. The number of amides is 1. The first-order valence-corrected chi connectivity index (χ1v) is 6.98. The highest BCUT2D eigenvalue weighted by molar-refractivity contribution is 14.1. The minimum Gasteiger partial charge on any atom is -0.316 e. The van der Waals surface area contributed by atoms with E-state index in [1.807, 2.05) is 35.6 Å². The number of nitrogens with zero attached hydrogens (tertiary/aromatic N) is 1. The second-order valence-electron chi connectivity index (χ2n) is 4.31. The second-order valence-corrected chi connectivity index (χ2v) is 5.39. The molecule has 5 nitrogen and oxygen atoms in total. The number of aryl methyl sites for hydroxylation is 1. The Morgan fingerprint density at radius 2 is 2.05 bits per heavy atom. The highest BCUT2D eigenvalue weighted by Crippen LogP contribution is 2.26. The number of nitro benzene ring substituents is 1. The van der Waals surface area contributed by atoms with Gasteiger partial charge in [0.1, 0.15) is 11.5 Å². The third kappa shape index (κ3) is 3.35. The SMILES string of the molecule is Cc1cccc(C(=O)Nc2cc(F)ccc2[N+](=O)[O-])c1I. The molecular formula is C14H10FIN2O3. The number of rotatable bonds is 3. The summed E-state index contributed by atoms with van der Waals surface area (Å²) in [6.45, 7) is 1.85. The Labute approximate surface area is 133 Å². The molecule has 7 heteroatoms. The quantitative estimate of drug-likeness (QED) is 0.483. The van der Waals surface area contributed by atoms with Crippen LogP contribution in [0.25, 0.3) is 0 Å². The van der Waals surface area contributed by atoms with Gasteiger partial charge in [-0.15, -0.1) is 0 Å². The lowest BCUT2D eigenvalue weighted by Crippen LogP contribution is -2.15. The van der Waals surface area contributed by atoms with Crippen molar-refractivity contribution in [3.05, 3.63) is 67.0 Å². The molecule has 0 bridgehead atoms. The number of halogens is 2. The highest BCUT2D eigenvalue weighted by Gasteiger charge is 2.19. The number of nitro groups is 1. The molecule has 2 aromatic carbocycles. The largest absolute Gasteiger partial charge is 0.316 e. The fraction of sp³-hybridized carbons (Fsp3) is 0.0714. The van der Waals surface area contributed by atoms with Crippen molar-refractivity contribution in [2.45, 2.75) is 6.92 Å². The predicted molar refractivity (Wildman–Crippen MR) is 84.9 cm³/mol. The van der Waals surface area contributed by atoms with Crippen molar-refractivity contribution in [1.29, 1.82) is 0 Å². The molecule has 0 aromatic heterocycles.